The van der Waals surface area contributed by atoms with Gasteiger partial charge in [0.05, 0.1) is 6.54 Å². The Morgan fingerprint density at radius 3 is 2.86 bits per heavy atom. The van der Waals surface area contributed by atoms with Crippen LogP contribution < -0.4 is 10.6 Å². The van der Waals surface area contributed by atoms with Crippen LogP contribution in [0.5, 0.6) is 0 Å². The topological polar surface area (TPSA) is 41.1 Å². The largest absolute Gasteiger partial charge is 0.355 e. The quantitative estimate of drug-likeness (QED) is 0.489. The van der Waals surface area contributed by atoms with E-state index in [1.807, 2.05) is 17.8 Å². The Hall–Kier alpha value is -0.520. The average molecular weight is 371 g/mol. The van der Waals surface area contributed by atoms with E-state index in [1.54, 1.807) is 0 Å². The van der Waals surface area contributed by atoms with Gasteiger partial charge in [-0.25, -0.2) is 0 Å². The van der Waals surface area contributed by atoms with E-state index in [1.165, 1.54) is 17.7 Å². The van der Waals surface area contributed by atoms with Crippen molar-refractivity contribution >= 4 is 33.6 Å². The van der Waals surface area contributed by atoms with E-state index >= 15 is 0 Å². The molecule has 0 atom stereocenters. The highest BCUT2D eigenvalue weighted by molar-refractivity contribution is 9.10. The minimum Gasteiger partial charge on any atom is -0.355 e. The SMILES string of the molecule is O=C(CNCC1CC1)NCCCCSc1ccccc1Br. The minimum absolute atomic E-state index is 0.120. The first-order valence-electron chi connectivity index (χ1n) is 7.60. The highest BCUT2D eigenvalue weighted by Gasteiger charge is 2.20. The van der Waals surface area contributed by atoms with E-state index in [0.29, 0.717) is 6.54 Å². The van der Waals surface area contributed by atoms with Gasteiger partial charge in [0, 0.05) is 15.9 Å². The molecule has 1 fully saturated rings. The molecule has 1 aromatic carbocycles. The van der Waals surface area contributed by atoms with E-state index in [-0.39, 0.29) is 5.91 Å². The molecule has 21 heavy (non-hydrogen) atoms. The van der Waals surface area contributed by atoms with Crippen LogP contribution in [0.1, 0.15) is 25.7 Å². The zero-order chi connectivity index (χ0) is 14.9. The number of rotatable bonds is 10. The molecule has 1 aliphatic carbocycles. The lowest BCUT2D eigenvalue weighted by Crippen LogP contribution is -2.35. The summed E-state index contributed by atoms with van der Waals surface area (Å²) in [4.78, 5) is 12.8. The smallest absolute Gasteiger partial charge is 0.233 e. The summed E-state index contributed by atoms with van der Waals surface area (Å²) in [6.45, 7) is 2.23. The fraction of sp³-hybridized carbons (Fsp3) is 0.562. The second-order valence-corrected chi connectivity index (χ2v) is 7.40. The molecule has 0 heterocycles. The van der Waals surface area contributed by atoms with Gasteiger partial charge in [0.1, 0.15) is 0 Å². The lowest BCUT2D eigenvalue weighted by molar-refractivity contribution is -0.120. The van der Waals surface area contributed by atoms with Gasteiger partial charge in [0.25, 0.3) is 0 Å². The fourth-order valence-electron chi connectivity index (χ4n) is 1.97. The summed E-state index contributed by atoms with van der Waals surface area (Å²) in [6.07, 6.45) is 4.79. The lowest BCUT2D eigenvalue weighted by atomic mass is 10.3. The minimum atomic E-state index is 0.120. The van der Waals surface area contributed by atoms with Gasteiger partial charge in [-0.05, 0) is 72.0 Å². The molecule has 1 aliphatic rings. The molecule has 1 aromatic rings. The first-order chi connectivity index (χ1) is 10.3. The van der Waals surface area contributed by atoms with Crippen molar-refractivity contribution in [3.63, 3.8) is 0 Å². The number of nitrogens with one attached hydrogen (secondary N) is 2. The molecule has 0 bridgehead atoms. The summed E-state index contributed by atoms with van der Waals surface area (Å²) in [5, 5.41) is 6.17. The van der Waals surface area contributed by atoms with E-state index in [9.17, 15) is 4.79 Å². The van der Waals surface area contributed by atoms with Gasteiger partial charge < -0.3 is 10.6 Å². The van der Waals surface area contributed by atoms with Crippen LogP contribution in [0, 0.1) is 5.92 Å². The summed E-state index contributed by atoms with van der Waals surface area (Å²) >= 11 is 5.41. The maximum absolute atomic E-state index is 11.6. The van der Waals surface area contributed by atoms with Gasteiger partial charge in [-0.3, -0.25) is 4.79 Å². The van der Waals surface area contributed by atoms with Gasteiger partial charge in [0.15, 0.2) is 0 Å². The Morgan fingerprint density at radius 2 is 2.10 bits per heavy atom. The van der Waals surface area contributed by atoms with Gasteiger partial charge in [-0.15, -0.1) is 11.8 Å². The van der Waals surface area contributed by atoms with Crippen LogP contribution in [0.25, 0.3) is 0 Å². The standard InChI is InChI=1S/C16H23BrN2OS/c17-14-5-1-2-6-15(14)21-10-4-3-9-19-16(20)12-18-11-13-7-8-13/h1-2,5-6,13,18H,3-4,7-12H2,(H,19,20). The predicted octanol–water partition coefficient (Wildman–Crippen LogP) is 3.44. The molecule has 0 unspecified atom stereocenters. The predicted molar refractivity (Wildman–Crippen MR) is 92.7 cm³/mol. The van der Waals surface area contributed by atoms with Crippen LogP contribution in [-0.2, 0) is 4.79 Å². The second-order valence-electron chi connectivity index (χ2n) is 5.41. The number of halogens is 1. The summed E-state index contributed by atoms with van der Waals surface area (Å²) in [6, 6.07) is 8.28. The Balaban J connectivity index is 1.44. The van der Waals surface area contributed by atoms with Gasteiger partial charge in [-0.1, -0.05) is 12.1 Å². The van der Waals surface area contributed by atoms with Crippen molar-refractivity contribution in [2.24, 2.45) is 5.92 Å². The third-order valence-electron chi connectivity index (χ3n) is 3.40. The van der Waals surface area contributed by atoms with Crippen LogP contribution in [0.15, 0.2) is 33.6 Å². The molecule has 116 valence electrons. The van der Waals surface area contributed by atoms with E-state index in [4.69, 9.17) is 0 Å². The molecular weight excluding hydrogens is 348 g/mol. The molecule has 2 N–H and O–H groups in total. The maximum Gasteiger partial charge on any atom is 0.233 e. The third-order valence-corrected chi connectivity index (χ3v) is 5.52. The number of amides is 1. The van der Waals surface area contributed by atoms with E-state index in [0.717, 1.165) is 42.1 Å². The van der Waals surface area contributed by atoms with Crippen molar-refractivity contribution in [3.8, 4) is 0 Å². The number of thioether (sulfide) groups is 1. The molecule has 0 saturated heterocycles. The normalized spacial score (nSPS) is 14.1. The first kappa shape index (κ1) is 16.8. The van der Waals surface area contributed by atoms with Crippen LogP contribution >= 0.6 is 27.7 Å². The summed E-state index contributed by atoms with van der Waals surface area (Å²) < 4.78 is 1.16. The van der Waals surface area contributed by atoms with Gasteiger partial charge in [0.2, 0.25) is 5.91 Å². The number of unbranched alkanes of at least 4 members (excludes halogenated alkanes) is 1. The number of hydrogen-bond acceptors (Lipinski definition) is 3. The van der Waals surface area contributed by atoms with Gasteiger partial charge in [-0.2, -0.15) is 0 Å². The van der Waals surface area contributed by atoms with Gasteiger partial charge >= 0.3 is 0 Å². The number of benzene rings is 1. The first-order valence-corrected chi connectivity index (χ1v) is 9.38. The third kappa shape index (κ3) is 7.34. The molecule has 0 aromatic heterocycles. The molecule has 0 radical (unpaired) electrons. The molecular formula is C16H23BrN2OS. The van der Waals surface area contributed by atoms with Crippen molar-refractivity contribution in [1.82, 2.24) is 10.6 Å². The van der Waals surface area contributed by atoms with Crippen molar-refractivity contribution in [2.45, 2.75) is 30.6 Å². The van der Waals surface area contributed by atoms with E-state index in [2.05, 4.69) is 44.8 Å². The molecule has 0 spiro atoms. The van der Waals surface area contributed by atoms with Crippen LogP contribution in [0.4, 0.5) is 0 Å². The van der Waals surface area contributed by atoms with Crippen LogP contribution in [0.2, 0.25) is 0 Å². The monoisotopic (exact) mass is 370 g/mol. The summed E-state index contributed by atoms with van der Waals surface area (Å²) in [7, 11) is 0. The van der Waals surface area contributed by atoms with Crippen molar-refractivity contribution < 1.29 is 4.79 Å². The second kappa shape index (κ2) is 9.49. The summed E-state index contributed by atoms with van der Waals surface area (Å²) in [5.41, 5.74) is 0. The molecule has 1 amide bonds. The van der Waals surface area contributed by atoms with E-state index < -0.39 is 0 Å². The number of carbonyl (C=O) groups is 1. The van der Waals surface area contributed by atoms with Crippen molar-refractivity contribution in [2.75, 3.05) is 25.4 Å². The average Bonchev–Trinajstić information content (AvgIpc) is 3.28. The number of hydrogen-bond donors (Lipinski definition) is 2. The highest BCUT2D eigenvalue weighted by Crippen LogP contribution is 2.28. The zero-order valence-corrected chi connectivity index (χ0v) is 14.6. The highest BCUT2D eigenvalue weighted by atomic mass is 79.9. The molecule has 2 rings (SSSR count). The molecule has 1 saturated carbocycles. The summed E-state index contributed by atoms with van der Waals surface area (Å²) in [5.74, 6) is 2.03. The Bertz CT molecular complexity index is 452. The lowest BCUT2D eigenvalue weighted by Gasteiger charge is -2.07. The van der Waals surface area contributed by atoms with Crippen LogP contribution in [-0.4, -0.2) is 31.3 Å². The van der Waals surface area contributed by atoms with Crippen LogP contribution in [0.3, 0.4) is 0 Å². The Kier molecular flexibility index (Phi) is 7.61. The zero-order valence-electron chi connectivity index (χ0n) is 12.2. The Labute approximate surface area is 139 Å². The Morgan fingerprint density at radius 1 is 1.29 bits per heavy atom. The molecule has 0 aliphatic heterocycles. The van der Waals surface area contributed by atoms with Crippen molar-refractivity contribution in [1.29, 1.82) is 0 Å². The fourth-order valence-corrected chi connectivity index (χ4v) is 3.55. The number of carbonyl (C=O) groups excluding carboxylic acids is 1. The maximum atomic E-state index is 11.6. The molecule has 5 heteroatoms. The molecule has 3 nitrogen and oxygen atoms in total. The van der Waals surface area contributed by atoms with Crippen molar-refractivity contribution in [3.05, 3.63) is 28.7 Å².